The van der Waals surface area contributed by atoms with E-state index in [1.807, 2.05) is 24.4 Å². The second kappa shape index (κ2) is 2.54. The van der Waals surface area contributed by atoms with Gasteiger partial charge in [-0.1, -0.05) is 17.7 Å². The van der Waals surface area contributed by atoms with Crippen molar-refractivity contribution in [3.63, 3.8) is 0 Å². The monoisotopic (exact) mass is 229 g/mol. The van der Waals surface area contributed by atoms with Gasteiger partial charge in [0.05, 0.1) is 0 Å². The zero-order valence-corrected chi connectivity index (χ0v) is 7.91. The number of rotatable bonds is 0. The van der Waals surface area contributed by atoms with Crippen molar-refractivity contribution in [2.75, 3.05) is 0 Å². The number of hydrogen-bond donors (Lipinski definition) is 1. The summed E-state index contributed by atoms with van der Waals surface area (Å²) in [6.07, 6.45) is 1.90. The van der Waals surface area contributed by atoms with Crippen LogP contribution in [0.15, 0.2) is 28.9 Å². The Balaban J connectivity index is 2.86. The van der Waals surface area contributed by atoms with Gasteiger partial charge in [-0.2, -0.15) is 0 Å². The molecule has 0 spiro atoms. The van der Waals surface area contributed by atoms with Gasteiger partial charge in [0.25, 0.3) is 0 Å². The summed E-state index contributed by atoms with van der Waals surface area (Å²) < 4.78 is 1.07. The number of nitrogens with one attached hydrogen (secondary N) is 1. The number of benzene rings is 1. The van der Waals surface area contributed by atoms with Gasteiger partial charge in [0.1, 0.15) is 0 Å². The molecule has 0 fully saturated rings. The van der Waals surface area contributed by atoms with Crippen molar-refractivity contribution in [3.05, 3.63) is 33.9 Å². The van der Waals surface area contributed by atoms with E-state index < -0.39 is 0 Å². The number of fused-ring (bicyclic) bond motifs is 1. The van der Waals surface area contributed by atoms with Crippen LogP contribution in [0.1, 0.15) is 0 Å². The number of hydrogen-bond acceptors (Lipinski definition) is 0. The summed E-state index contributed by atoms with van der Waals surface area (Å²) in [5.74, 6) is 0. The van der Waals surface area contributed by atoms with Crippen LogP contribution in [-0.4, -0.2) is 4.98 Å². The van der Waals surface area contributed by atoms with Crippen molar-refractivity contribution >= 4 is 38.4 Å². The molecule has 0 saturated heterocycles. The van der Waals surface area contributed by atoms with Crippen molar-refractivity contribution in [2.24, 2.45) is 0 Å². The van der Waals surface area contributed by atoms with Crippen molar-refractivity contribution in [1.82, 2.24) is 4.98 Å². The first-order valence-corrected chi connectivity index (χ1v) is 4.36. The van der Waals surface area contributed by atoms with Gasteiger partial charge in [-0.15, -0.1) is 0 Å². The molecule has 2 rings (SSSR count). The lowest BCUT2D eigenvalue weighted by Gasteiger charge is -1.90. The molecular weight excluding hydrogens is 225 g/mol. The SMILES string of the molecule is Clc1ccc2c(Br)c[nH]c2c1. The molecule has 0 unspecified atom stereocenters. The van der Waals surface area contributed by atoms with E-state index in [9.17, 15) is 0 Å². The highest BCUT2D eigenvalue weighted by molar-refractivity contribution is 9.10. The number of halogens is 2. The molecule has 1 nitrogen and oxygen atoms in total. The lowest BCUT2D eigenvalue weighted by atomic mass is 10.2. The summed E-state index contributed by atoms with van der Waals surface area (Å²) in [7, 11) is 0. The van der Waals surface area contributed by atoms with Gasteiger partial charge in [-0.25, -0.2) is 0 Å². The van der Waals surface area contributed by atoms with E-state index in [2.05, 4.69) is 20.9 Å². The molecule has 0 aliphatic carbocycles. The first-order chi connectivity index (χ1) is 5.27. The summed E-state index contributed by atoms with van der Waals surface area (Å²) in [4.78, 5) is 3.10. The van der Waals surface area contributed by atoms with Gasteiger partial charge in [0, 0.05) is 26.6 Å². The highest BCUT2D eigenvalue weighted by Crippen LogP contribution is 2.25. The molecule has 1 N–H and O–H groups in total. The van der Waals surface area contributed by atoms with E-state index in [4.69, 9.17) is 11.6 Å². The minimum absolute atomic E-state index is 0.756. The second-order valence-electron chi connectivity index (χ2n) is 2.33. The third-order valence-corrected chi connectivity index (χ3v) is 2.48. The summed E-state index contributed by atoms with van der Waals surface area (Å²) in [5.41, 5.74) is 1.06. The molecule has 0 amide bonds. The maximum absolute atomic E-state index is 5.79. The van der Waals surface area contributed by atoms with Crippen LogP contribution >= 0.6 is 27.5 Å². The Kier molecular flexibility index (Phi) is 1.66. The summed E-state index contributed by atoms with van der Waals surface area (Å²) in [6.45, 7) is 0. The molecule has 2 aromatic rings. The third kappa shape index (κ3) is 1.17. The van der Waals surface area contributed by atoms with Gasteiger partial charge < -0.3 is 4.98 Å². The molecule has 0 aliphatic rings. The maximum atomic E-state index is 5.79. The van der Waals surface area contributed by atoms with Crippen LogP contribution in [0.25, 0.3) is 10.9 Å². The largest absolute Gasteiger partial charge is 0.360 e. The molecule has 1 aromatic heterocycles. The fraction of sp³-hybridized carbons (Fsp3) is 0. The molecule has 3 heteroatoms. The average molecular weight is 230 g/mol. The molecule has 0 saturated carbocycles. The number of aromatic amines is 1. The summed E-state index contributed by atoms with van der Waals surface area (Å²) in [5, 5.41) is 1.92. The van der Waals surface area contributed by atoms with E-state index in [1.165, 1.54) is 0 Å². The molecule has 0 bridgehead atoms. The zero-order valence-electron chi connectivity index (χ0n) is 5.57. The van der Waals surface area contributed by atoms with Crippen molar-refractivity contribution < 1.29 is 0 Å². The normalized spacial score (nSPS) is 10.7. The Morgan fingerprint density at radius 1 is 1.36 bits per heavy atom. The Labute approximate surface area is 77.5 Å². The summed E-state index contributed by atoms with van der Waals surface area (Å²) in [6, 6.07) is 5.77. The van der Waals surface area contributed by atoms with E-state index >= 15 is 0 Å². The van der Waals surface area contributed by atoms with Crippen LogP contribution in [-0.2, 0) is 0 Å². The molecule has 11 heavy (non-hydrogen) atoms. The van der Waals surface area contributed by atoms with Gasteiger partial charge >= 0.3 is 0 Å². The smallest absolute Gasteiger partial charge is 0.0480 e. The van der Waals surface area contributed by atoms with E-state index in [1.54, 1.807) is 0 Å². The lowest BCUT2D eigenvalue weighted by molar-refractivity contribution is 1.47. The molecule has 1 aromatic carbocycles. The average Bonchev–Trinajstić information content (AvgIpc) is 2.32. The topological polar surface area (TPSA) is 15.8 Å². The first-order valence-electron chi connectivity index (χ1n) is 3.19. The van der Waals surface area contributed by atoms with Crippen molar-refractivity contribution in [1.29, 1.82) is 0 Å². The predicted molar refractivity (Wildman–Crippen MR) is 51.0 cm³/mol. The standard InChI is InChI=1S/C8H5BrClN/c9-7-4-11-8-3-5(10)1-2-6(7)8/h1-4,11H. The van der Waals surface area contributed by atoms with E-state index in [0.29, 0.717) is 0 Å². The lowest BCUT2D eigenvalue weighted by Crippen LogP contribution is -1.66. The highest BCUT2D eigenvalue weighted by Gasteiger charge is 1.99. The van der Waals surface area contributed by atoms with Crippen molar-refractivity contribution in [2.45, 2.75) is 0 Å². The van der Waals surface area contributed by atoms with E-state index in [-0.39, 0.29) is 0 Å². The zero-order chi connectivity index (χ0) is 7.84. The molecule has 1 heterocycles. The van der Waals surface area contributed by atoms with Crippen LogP contribution in [0.5, 0.6) is 0 Å². The quantitative estimate of drug-likeness (QED) is 0.712. The Bertz CT molecular complexity index is 394. The first kappa shape index (κ1) is 7.19. The van der Waals surface area contributed by atoms with Crippen LogP contribution < -0.4 is 0 Å². The van der Waals surface area contributed by atoms with Gasteiger partial charge in [-0.05, 0) is 28.1 Å². The third-order valence-electron chi connectivity index (χ3n) is 1.59. The fourth-order valence-corrected chi connectivity index (χ4v) is 1.70. The van der Waals surface area contributed by atoms with Crippen molar-refractivity contribution in [3.8, 4) is 0 Å². The Morgan fingerprint density at radius 2 is 2.18 bits per heavy atom. The predicted octanol–water partition coefficient (Wildman–Crippen LogP) is 3.58. The molecule has 0 aliphatic heterocycles. The van der Waals surface area contributed by atoms with Crippen LogP contribution in [0, 0.1) is 0 Å². The molecule has 56 valence electrons. The Morgan fingerprint density at radius 3 is 3.00 bits per heavy atom. The Hall–Kier alpha value is -0.470. The molecule has 0 radical (unpaired) electrons. The van der Waals surface area contributed by atoms with Gasteiger partial charge in [-0.3, -0.25) is 0 Å². The molecule has 0 atom stereocenters. The maximum Gasteiger partial charge on any atom is 0.0480 e. The van der Waals surface area contributed by atoms with Crippen LogP contribution in [0.2, 0.25) is 5.02 Å². The van der Waals surface area contributed by atoms with E-state index in [0.717, 1.165) is 20.4 Å². The van der Waals surface area contributed by atoms with Crippen LogP contribution in [0.3, 0.4) is 0 Å². The number of aromatic nitrogens is 1. The van der Waals surface area contributed by atoms with Crippen LogP contribution in [0.4, 0.5) is 0 Å². The fourth-order valence-electron chi connectivity index (χ4n) is 1.06. The number of H-pyrrole nitrogens is 1. The minimum Gasteiger partial charge on any atom is -0.360 e. The minimum atomic E-state index is 0.756. The second-order valence-corrected chi connectivity index (χ2v) is 3.62. The molecular formula is C8H5BrClN. The summed E-state index contributed by atoms with van der Waals surface area (Å²) >= 11 is 9.21. The highest BCUT2D eigenvalue weighted by atomic mass is 79.9. The van der Waals surface area contributed by atoms with Gasteiger partial charge in [0.2, 0.25) is 0 Å². The van der Waals surface area contributed by atoms with Gasteiger partial charge in [0.15, 0.2) is 0 Å².